The smallest absolute Gasteiger partial charge is 0.389 e. The molecule has 0 spiro atoms. The zero-order valence-electron chi connectivity index (χ0n) is 8.15. The molecule has 1 aromatic rings. The highest BCUT2D eigenvalue weighted by Gasteiger charge is 2.35. The van der Waals surface area contributed by atoms with E-state index in [0.29, 0.717) is 0 Å². The average Bonchev–Trinajstić information content (AvgIpc) is 2.26. The van der Waals surface area contributed by atoms with Gasteiger partial charge in [0.2, 0.25) is 0 Å². The summed E-state index contributed by atoms with van der Waals surface area (Å²) in [5.41, 5.74) is -1.28. The molecule has 0 fully saturated rings. The summed E-state index contributed by atoms with van der Waals surface area (Å²) in [6.07, 6.45) is -7.46. The van der Waals surface area contributed by atoms with Crippen molar-refractivity contribution >= 4 is 12.6 Å². The molecule has 1 aromatic carbocycles. The lowest BCUT2D eigenvalue weighted by molar-refractivity contribution is -0.139. The van der Waals surface area contributed by atoms with Crippen LogP contribution in [0.15, 0.2) is 24.3 Å². The molecule has 0 radical (unpaired) electrons. The van der Waals surface area contributed by atoms with E-state index in [2.05, 4.69) is 12.6 Å². The van der Waals surface area contributed by atoms with Crippen LogP contribution in [-0.4, -0.2) is 22.1 Å². The Labute approximate surface area is 96.1 Å². The van der Waals surface area contributed by atoms with Gasteiger partial charge in [-0.2, -0.15) is 25.8 Å². The molecule has 0 aliphatic rings. The van der Waals surface area contributed by atoms with Crippen molar-refractivity contribution in [2.75, 3.05) is 5.75 Å². The molecule has 90 valence electrons. The zero-order chi connectivity index (χ0) is 12.3. The SMILES string of the molecule is OC(CS)C(O)c1ccccc1C(F)(F)F. The summed E-state index contributed by atoms with van der Waals surface area (Å²) >= 11 is 3.72. The number of aliphatic hydroxyl groups is 2. The van der Waals surface area contributed by atoms with Gasteiger partial charge in [0.1, 0.15) is 6.10 Å². The Kier molecular flexibility index (Phi) is 4.23. The van der Waals surface area contributed by atoms with Crippen LogP contribution in [0.3, 0.4) is 0 Å². The molecule has 6 heteroatoms. The molecule has 0 aromatic heterocycles. The van der Waals surface area contributed by atoms with E-state index in [4.69, 9.17) is 0 Å². The molecule has 2 unspecified atom stereocenters. The summed E-state index contributed by atoms with van der Waals surface area (Å²) in [4.78, 5) is 0. The monoisotopic (exact) mass is 252 g/mol. The summed E-state index contributed by atoms with van der Waals surface area (Å²) in [7, 11) is 0. The molecule has 0 bridgehead atoms. The van der Waals surface area contributed by atoms with Crippen molar-refractivity contribution in [3.05, 3.63) is 35.4 Å². The molecule has 2 atom stereocenters. The molecule has 2 N–H and O–H groups in total. The Balaban J connectivity index is 3.13. The van der Waals surface area contributed by atoms with Crippen molar-refractivity contribution in [3.8, 4) is 0 Å². The fourth-order valence-electron chi connectivity index (χ4n) is 1.32. The van der Waals surface area contributed by atoms with Gasteiger partial charge in [0.05, 0.1) is 11.7 Å². The maximum absolute atomic E-state index is 12.6. The van der Waals surface area contributed by atoms with Crippen LogP contribution in [-0.2, 0) is 6.18 Å². The minimum atomic E-state index is -4.55. The first kappa shape index (κ1) is 13.3. The molecule has 0 heterocycles. The zero-order valence-corrected chi connectivity index (χ0v) is 9.04. The Morgan fingerprint density at radius 2 is 1.75 bits per heavy atom. The Morgan fingerprint density at radius 3 is 2.25 bits per heavy atom. The van der Waals surface area contributed by atoms with Crippen molar-refractivity contribution in [3.63, 3.8) is 0 Å². The fourth-order valence-corrected chi connectivity index (χ4v) is 1.52. The van der Waals surface area contributed by atoms with E-state index in [1.807, 2.05) is 0 Å². The largest absolute Gasteiger partial charge is 0.416 e. The van der Waals surface area contributed by atoms with Gasteiger partial charge < -0.3 is 10.2 Å². The van der Waals surface area contributed by atoms with Crippen LogP contribution >= 0.6 is 12.6 Å². The van der Waals surface area contributed by atoms with E-state index in [0.717, 1.165) is 12.1 Å². The molecular weight excluding hydrogens is 241 g/mol. The summed E-state index contributed by atoms with van der Waals surface area (Å²) in [6, 6.07) is 4.61. The van der Waals surface area contributed by atoms with E-state index >= 15 is 0 Å². The van der Waals surface area contributed by atoms with Crippen molar-refractivity contribution in [2.24, 2.45) is 0 Å². The number of thiol groups is 1. The lowest BCUT2D eigenvalue weighted by Crippen LogP contribution is -2.23. The Bertz CT molecular complexity index is 354. The number of hydrogen-bond donors (Lipinski definition) is 3. The first-order valence-corrected chi connectivity index (χ1v) is 5.14. The summed E-state index contributed by atoms with van der Waals surface area (Å²) in [5, 5.41) is 18.8. The van der Waals surface area contributed by atoms with E-state index in [1.54, 1.807) is 0 Å². The molecule has 0 saturated heterocycles. The first-order valence-electron chi connectivity index (χ1n) is 4.51. The quantitative estimate of drug-likeness (QED) is 0.720. The normalized spacial score (nSPS) is 15.9. The predicted molar refractivity (Wildman–Crippen MR) is 56.3 cm³/mol. The maximum atomic E-state index is 12.6. The maximum Gasteiger partial charge on any atom is 0.416 e. The topological polar surface area (TPSA) is 40.5 Å². The van der Waals surface area contributed by atoms with Crippen molar-refractivity contribution in [1.29, 1.82) is 0 Å². The van der Waals surface area contributed by atoms with Crippen molar-refractivity contribution in [1.82, 2.24) is 0 Å². The lowest BCUT2D eigenvalue weighted by atomic mass is 9.99. The highest BCUT2D eigenvalue weighted by Crippen LogP contribution is 2.35. The molecule has 0 amide bonds. The summed E-state index contributed by atoms with van der Waals surface area (Å²) in [5.74, 6) is -0.118. The number of benzene rings is 1. The molecular formula is C10H11F3O2S. The van der Waals surface area contributed by atoms with E-state index in [9.17, 15) is 23.4 Å². The number of rotatable bonds is 3. The third-order valence-electron chi connectivity index (χ3n) is 2.14. The van der Waals surface area contributed by atoms with E-state index in [-0.39, 0.29) is 11.3 Å². The van der Waals surface area contributed by atoms with E-state index < -0.39 is 23.9 Å². The van der Waals surface area contributed by atoms with Crippen LogP contribution in [0.4, 0.5) is 13.2 Å². The van der Waals surface area contributed by atoms with Crippen LogP contribution in [0.1, 0.15) is 17.2 Å². The third kappa shape index (κ3) is 2.90. The number of alkyl halides is 3. The second-order valence-corrected chi connectivity index (χ2v) is 3.64. The average molecular weight is 252 g/mol. The summed E-state index contributed by atoms with van der Waals surface area (Å²) < 4.78 is 37.7. The van der Waals surface area contributed by atoms with Gasteiger partial charge in [-0.15, -0.1) is 0 Å². The van der Waals surface area contributed by atoms with Gasteiger partial charge in [0.15, 0.2) is 0 Å². The standard InChI is InChI=1S/C10H11F3O2S/c11-10(12,13)7-4-2-1-3-6(7)9(15)8(14)5-16/h1-4,8-9,14-16H,5H2. The van der Waals surface area contributed by atoms with Gasteiger partial charge in [0.25, 0.3) is 0 Å². The summed E-state index contributed by atoms with van der Waals surface area (Å²) in [6.45, 7) is 0. The highest BCUT2D eigenvalue weighted by atomic mass is 32.1. The van der Waals surface area contributed by atoms with Gasteiger partial charge in [-0.25, -0.2) is 0 Å². The number of halogens is 3. The second kappa shape index (κ2) is 5.07. The van der Waals surface area contributed by atoms with Gasteiger partial charge >= 0.3 is 6.18 Å². The number of hydrogen-bond acceptors (Lipinski definition) is 3. The number of aliphatic hydroxyl groups excluding tert-OH is 2. The van der Waals surface area contributed by atoms with Crippen LogP contribution in [0.25, 0.3) is 0 Å². The van der Waals surface area contributed by atoms with Gasteiger partial charge in [-0.1, -0.05) is 18.2 Å². The van der Waals surface area contributed by atoms with Gasteiger partial charge in [0, 0.05) is 5.75 Å². The molecule has 16 heavy (non-hydrogen) atoms. The van der Waals surface area contributed by atoms with Crippen LogP contribution in [0.5, 0.6) is 0 Å². The minimum absolute atomic E-state index is 0.118. The van der Waals surface area contributed by atoms with Crippen molar-refractivity contribution in [2.45, 2.75) is 18.4 Å². The molecule has 0 aliphatic carbocycles. The minimum Gasteiger partial charge on any atom is -0.389 e. The first-order chi connectivity index (χ1) is 7.38. The molecule has 1 rings (SSSR count). The second-order valence-electron chi connectivity index (χ2n) is 3.28. The van der Waals surface area contributed by atoms with Crippen molar-refractivity contribution < 1.29 is 23.4 Å². The van der Waals surface area contributed by atoms with E-state index in [1.165, 1.54) is 12.1 Å². The highest BCUT2D eigenvalue weighted by molar-refractivity contribution is 7.80. The van der Waals surface area contributed by atoms with Crippen LogP contribution in [0.2, 0.25) is 0 Å². The van der Waals surface area contributed by atoms with Gasteiger partial charge in [-0.05, 0) is 11.6 Å². The van der Waals surface area contributed by atoms with Crippen LogP contribution in [0, 0.1) is 0 Å². The fraction of sp³-hybridized carbons (Fsp3) is 0.400. The van der Waals surface area contributed by atoms with Gasteiger partial charge in [-0.3, -0.25) is 0 Å². The predicted octanol–water partition coefficient (Wildman–Crippen LogP) is 2.03. The molecule has 0 saturated carbocycles. The Hall–Kier alpha value is -0.720. The lowest BCUT2D eigenvalue weighted by Gasteiger charge is -2.20. The Morgan fingerprint density at radius 1 is 1.19 bits per heavy atom. The molecule has 0 aliphatic heterocycles. The van der Waals surface area contributed by atoms with Crippen LogP contribution < -0.4 is 0 Å². The molecule has 2 nitrogen and oxygen atoms in total. The third-order valence-corrected chi connectivity index (χ3v) is 2.51.